The lowest BCUT2D eigenvalue weighted by atomic mass is 10.1. The minimum Gasteiger partial charge on any atom is -0.497 e. The fourth-order valence-electron chi connectivity index (χ4n) is 2.36. The lowest BCUT2D eigenvalue weighted by molar-refractivity contribution is -0.167. The molecule has 0 saturated heterocycles. The zero-order valence-corrected chi connectivity index (χ0v) is 14.6. The van der Waals surface area contributed by atoms with Crippen molar-refractivity contribution < 1.29 is 27.5 Å². The third-order valence-corrected chi connectivity index (χ3v) is 3.77. The first kappa shape index (κ1) is 20.3. The van der Waals surface area contributed by atoms with E-state index in [2.05, 4.69) is 5.32 Å². The molecule has 0 radical (unpaired) electrons. The molecule has 2 rings (SSSR count). The van der Waals surface area contributed by atoms with E-state index in [9.17, 15) is 22.8 Å². The van der Waals surface area contributed by atoms with Gasteiger partial charge in [-0.1, -0.05) is 30.3 Å². The molecule has 0 fully saturated rings. The standard InChI is InChI=1S/C19H19F3N2O3/c1-27-15-7-4-5-13(11-15)9-10-17(25)23-12-14-6-2-3-8-16(14)24-18(26)19(20,21)22/h2-8,11H,9-10,12H2,1H3,(H,23,25)(H,24,26). The van der Waals surface area contributed by atoms with Crippen LogP contribution in [0.5, 0.6) is 5.75 Å². The van der Waals surface area contributed by atoms with Gasteiger partial charge in [0.25, 0.3) is 0 Å². The number of benzene rings is 2. The van der Waals surface area contributed by atoms with Gasteiger partial charge in [-0.2, -0.15) is 13.2 Å². The molecule has 0 aromatic heterocycles. The summed E-state index contributed by atoms with van der Waals surface area (Å²) in [5.74, 6) is -1.61. The highest BCUT2D eigenvalue weighted by molar-refractivity contribution is 5.95. The predicted molar refractivity (Wildman–Crippen MR) is 94.3 cm³/mol. The van der Waals surface area contributed by atoms with E-state index in [0.29, 0.717) is 17.7 Å². The Labute approximate surface area is 154 Å². The van der Waals surface area contributed by atoms with Gasteiger partial charge in [-0.3, -0.25) is 9.59 Å². The Morgan fingerprint density at radius 2 is 1.81 bits per heavy atom. The average molecular weight is 380 g/mol. The number of alkyl halides is 3. The first-order chi connectivity index (χ1) is 12.8. The normalized spacial score (nSPS) is 11.0. The van der Waals surface area contributed by atoms with Gasteiger partial charge < -0.3 is 15.4 Å². The first-order valence-corrected chi connectivity index (χ1v) is 8.15. The second kappa shape index (κ2) is 9.07. The number of nitrogens with one attached hydrogen (secondary N) is 2. The topological polar surface area (TPSA) is 67.4 Å². The zero-order chi connectivity index (χ0) is 19.9. The molecule has 0 unspecified atom stereocenters. The number of carbonyl (C=O) groups is 2. The molecular formula is C19H19F3N2O3. The molecule has 0 saturated carbocycles. The number of para-hydroxylation sites is 1. The smallest absolute Gasteiger partial charge is 0.471 e. The number of amides is 2. The molecule has 5 nitrogen and oxygen atoms in total. The van der Waals surface area contributed by atoms with Crippen molar-refractivity contribution >= 4 is 17.5 Å². The van der Waals surface area contributed by atoms with Gasteiger partial charge in [-0.05, 0) is 35.7 Å². The van der Waals surface area contributed by atoms with Crippen LogP contribution in [0.1, 0.15) is 17.5 Å². The third kappa shape index (κ3) is 6.32. The molecule has 0 heterocycles. The van der Waals surface area contributed by atoms with Gasteiger partial charge in [0.05, 0.1) is 7.11 Å². The molecule has 0 aliphatic heterocycles. The van der Waals surface area contributed by atoms with E-state index in [1.165, 1.54) is 18.2 Å². The van der Waals surface area contributed by atoms with Crippen molar-refractivity contribution in [3.05, 3.63) is 59.7 Å². The Bertz CT molecular complexity index is 807. The summed E-state index contributed by atoms with van der Waals surface area (Å²) in [5, 5.41) is 4.46. The van der Waals surface area contributed by atoms with Crippen molar-refractivity contribution in [3.8, 4) is 5.75 Å². The molecule has 2 N–H and O–H groups in total. The maximum absolute atomic E-state index is 12.4. The lowest BCUT2D eigenvalue weighted by Crippen LogP contribution is -2.31. The molecule has 8 heteroatoms. The van der Waals surface area contributed by atoms with Gasteiger partial charge in [0, 0.05) is 18.7 Å². The van der Waals surface area contributed by atoms with Crippen molar-refractivity contribution in [2.45, 2.75) is 25.6 Å². The van der Waals surface area contributed by atoms with Crippen LogP contribution >= 0.6 is 0 Å². The van der Waals surface area contributed by atoms with Crippen LogP contribution in [-0.2, 0) is 22.6 Å². The molecule has 0 bridgehead atoms. The van der Waals surface area contributed by atoms with Crippen molar-refractivity contribution in [2.24, 2.45) is 0 Å². The summed E-state index contributed by atoms with van der Waals surface area (Å²) >= 11 is 0. The van der Waals surface area contributed by atoms with Gasteiger partial charge in [0.2, 0.25) is 5.91 Å². The van der Waals surface area contributed by atoms with Crippen LogP contribution in [0.4, 0.5) is 18.9 Å². The highest BCUT2D eigenvalue weighted by atomic mass is 19.4. The first-order valence-electron chi connectivity index (χ1n) is 8.15. The van der Waals surface area contributed by atoms with E-state index >= 15 is 0 Å². The molecule has 0 spiro atoms. The van der Waals surface area contributed by atoms with Crippen LogP contribution in [0, 0.1) is 0 Å². The average Bonchev–Trinajstić information content (AvgIpc) is 2.65. The lowest BCUT2D eigenvalue weighted by Gasteiger charge is -2.13. The SMILES string of the molecule is COc1cccc(CCC(=O)NCc2ccccc2NC(=O)C(F)(F)F)c1. The van der Waals surface area contributed by atoms with Crippen LogP contribution in [0.3, 0.4) is 0 Å². The van der Waals surface area contributed by atoms with Crippen molar-refractivity contribution in [3.63, 3.8) is 0 Å². The summed E-state index contributed by atoms with van der Waals surface area (Å²) in [5.41, 5.74) is 1.32. The monoisotopic (exact) mass is 380 g/mol. The van der Waals surface area contributed by atoms with E-state index in [0.717, 1.165) is 5.56 Å². The third-order valence-electron chi connectivity index (χ3n) is 3.77. The maximum Gasteiger partial charge on any atom is 0.471 e. The van der Waals surface area contributed by atoms with Crippen LogP contribution in [0.2, 0.25) is 0 Å². The molecule has 0 aliphatic rings. The number of hydrogen-bond acceptors (Lipinski definition) is 3. The number of ether oxygens (including phenoxy) is 1. The number of hydrogen-bond donors (Lipinski definition) is 2. The predicted octanol–water partition coefficient (Wildman–Crippen LogP) is 3.45. The molecule has 2 amide bonds. The van der Waals surface area contributed by atoms with Crippen LogP contribution < -0.4 is 15.4 Å². The number of methoxy groups -OCH3 is 1. The molecule has 27 heavy (non-hydrogen) atoms. The molecule has 144 valence electrons. The summed E-state index contributed by atoms with van der Waals surface area (Å²) in [6.45, 7) is 0.00521. The Morgan fingerprint density at radius 3 is 2.52 bits per heavy atom. The summed E-state index contributed by atoms with van der Waals surface area (Å²) in [6, 6.07) is 13.3. The van der Waals surface area contributed by atoms with Crippen LogP contribution in [-0.4, -0.2) is 25.1 Å². The van der Waals surface area contributed by atoms with Crippen LogP contribution in [0.25, 0.3) is 0 Å². The molecule has 0 aliphatic carbocycles. The molecule has 0 atom stereocenters. The van der Waals surface area contributed by atoms with E-state index in [4.69, 9.17) is 4.74 Å². The van der Waals surface area contributed by atoms with Crippen molar-refractivity contribution in [1.29, 1.82) is 0 Å². The Kier molecular flexibility index (Phi) is 6.81. The largest absolute Gasteiger partial charge is 0.497 e. The molecular weight excluding hydrogens is 361 g/mol. The molecule has 2 aromatic rings. The number of rotatable bonds is 7. The Hall–Kier alpha value is -3.03. The van der Waals surface area contributed by atoms with E-state index in [1.807, 2.05) is 23.5 Å². The fraction of sp³-hybridized carbons (Fsp3) is 0.263. The van der Waals surface area contributed by atoms with Gasteiger partial charge in [-0.25, -0.2) is 0 Å². The quantitative estimate of drug-likeness (QED) is 0.773. The summed E-state index contributed by atoms with van der Waals surface area (Å²) < 4.78 is 42.3. The van der Waals surface area contributed by atoms with Crippen LogP contribution in [0.15, 0.2) is 48.5 Å². The van der Waals surface area contributed by atoms with E-state index < -0.39 is 12.1 Å². The highest BCUT2D eigenvalue weighted by Gasteiger charge is 2.38. The van der Waals surface area contributed by atoms with E-state index in [-0.39, 0.29) is 24.6 Å². The minimum absolute atomic E-state index is 0.00521. The number of aryl methyl sites for hydroxylation is 1. The second-order valence-electron chi connectivity index (χ2n) is 5.74. The van der Waals surface area contributed by atoms with Gasteiger partial charge in [0.15, 0.2) is 0 Å². The molecule has 2 aromatic carbocycles. The Balaban J connectivity index is 1.90. The maximum atomic E-state index is 12.4. The zero-order valence-electron chi connectivity index (χ0n) is 14.6. The van der Waals surface area contributed by atoms with Gasteiger partial charge in [-0.15, -0.1) is 0 Å². The minimum atomic E-state index is -4.98. The highest BCUT2D eigenvalue weighted by Crippen LogP contribution is 2.21. The van der Waals surface area contributed by atoms with Crippen molar-refractivity contribution in [1.82, 2.24) is 5.32 Å². The Morgan fingerprint density at radius 1 is 1.07 bits per heavy atom. The van der Waals surface area contributed by atoms with Gasteiger partial charge >= 0.3 is 12.1 Å². The number of halogens is 3. The number of carbonyl (C=O) groups excluding carboxylic acids is 2. The van der Waals surface area contributed by atoms with Crippen molar-refractivity contribution in [2.75, 3.05) is 12.4 Å². The summed E-state index contributed by atoms with van der Waals surface area (Å²) in [6.07, 6.45) is -4.27. The summed E-state index contributed by atoms with van der Waals surface area (Å²) in [7, 11) is 1.56. The number of anilines is 1. The summed E-state index contributed by atoms with van der Waals surface area (Å²) in [4.78, 5) is 23.1. The second-order valence-corrected chi connectivity index (χ2v) is 5.74. The fourth-order valence-corrected chi connectivity index (χ4v) is 2.36. The van der Waals surface area contributed by atoms with Gasteiger partial charge in [0.1, 0.15) is 5.75 Å². The van der Waals surface area contributed by atoms with E-state index in [1.54, 1.807) is 19.2 Å².